The highest BCUT2D eigenvalue weighted by Crippen LogP contribution is 2.33. The second-order valence-electron chi connectivity index (χ2n) is 20.1. The SMILES string of the molecule is CCCCCCCCCCCCC/C=C/[C@@H](O)[C@H](CO[C@@H]1OC(CO)[C@@H](O[C@@H]2OC(CO)[C@H](O[C@@H]3OC(CO)[C@H](O)[C@H](O)C3O)[C@H](O)C2O)[C@H](O)C1O)NC(=O)CCCCCCCCCCCCCCC. The molecule has 0 saturated carbocycles. The van der Waals surface area contributed by atoms with Crippen LogP contribution < -0.4 is 5.32 Å². The van der Waals surface area contributed by atoms with Crippen LogP contribution in [0.3, 0.4) is 0 Å². The fourth-order valence-electron chi connectivity index (χ4n) is 9.48. The minimum Gasteiger partial charge on any atom is -0.394 e. The fraction of sp³-hybridized carbons (Fsp3) is 0.942. The van der Waals surface area contributed by atoms with E-state index in [0.29, 0.717) is 6.42 Å². The van der Waals surface area contributed by atoms with E-state index in [0.717, 1.165) is 44.9 Å². The predicted octanol–water partition coefficient (Wildman–Crippen LogP) is 3.04. The van der Waals surface area contributed by atoms with Crippen LogP contribution in [0.1, 0.15) is 181 Å². The minimum atomic E-state index is -1.97. The maximum absolute atomic E-state index is 13.2. The number of hydrogen-bond donors (Lipinski definition) is 12. The first-order valence-corrected chi connectivity index (χ1v) is 27.4. The summed E-state index contributed by atoms with van der Waals surface area (Å²) in [6.07, 6.45) is 6.32. The van der Waals surface area contributed by atoms with Gasteiger partial charge in [0.05, 0.1) is 38.6 Å². The van der Waals surface area contributed by atoms with Gasteiger partial charge in [-0.1, -0.05) is 167 Å². The number of carbonyl (C=O) groups is 1. The van der Waals surface area contributed by atoms with E-state index in [-0.39, 0.29) is 18.9 Å². The molecule has 418 valence electrons. The highest BCUT2D eigenvalue weighted by Gasteiger charge is 2.53. The molecule has 3 aliphatic heterocycles. The third-order valence-corrected chi connectivity index (χ3v) is 14.1. The van der Waals surface area contributed by atoms with Gasteiger partial charge in [-0.25, -0.2) is 0 Å². The first-order valence-electron chi connectivity index (χ1n) is 27.4. The molecular weight excluding hydrogens is 927 g/mol. The average Bonchev–Trinajstić information content (AvgIpc) is 3.36. The van der Waals surface area contributed by atoms with Crippen LogP contribution in [0, 0.1) is 0 Å². The summed E-state index contributed by atoms with van der Waals surface area (Å²) in [5.41, 5.74) is 0. The van der Waals surface area contributed by atoms with Crippen molar-refractivity contribution >= 4 is 5.91 Å². The van der Waals surface area contributed by atoms with Crippen molar-refractivity contribution in [3.63, 3.8) is 0 Å². The number of aliphatic hydroxyl groups excluding tert-OH is 11. The maximum Gasteiger partial charge on any atom is 0.220 e. The monoisotopic (exact) mass is 1020 g/mol. The maximum atomic E-state index is 13.2. The highest BCUT2D eigenvalue weighted by molar-refractivity contribution is 5.76. The summed E-state index contributed by atoms with van der Waals surface area (Å²) >= 11 is 0. The topological polar surface area (TPSA) is 307 Å². The molecule has 19 nitrogen and oxygen atoms in total. The molecule has 0 radical (unpaired) electrons. The second-order valence-corrected chi connectivity index (χ2v) is 20.1. The van der Waals surface area contributed by atoms with Crippen LogP contribution in [0.4, 0.5) is 0 Å². The van der Waals surface area contributed by atoms with E-state index >= 15 is 0 Å². The Morgan fingerprint density at radius 2 is 0.873 bits per heavy atom. The smallest absolute Gasteiger partial charge is 0.220 e. The zero-order valence-electron chi connectivity index (χ0n) is 43.0. The molecule has 3 saturated heterocycles. The van der Waals surface area contributed by atoms with Gasteiger partial charge in [0.1, 0.15) is 73.2 Å². The van der Waals surface area contributed by atoms with Gasteiger partial charge in [-0.2, -0.15) is 0 Å². The molecule has 3 aliphatic rings. The van der Waals surface area contributed by atoms with E-state index in [9.17, 15) is 61.0 Å². The molecule has 0 aromatic carbocycles. The summed E-state index contributed by atoms with van der Waals surface area (Å²) in [7, 11) is 0. The minimum absolute atomic E-state index is 0.248. The number of allylic oxidation sites excluding steroid dienone is 1. The molecular formula is C52H97NO18. The quantitative estimate of drug-likeness (QED) is 0.0311. The molecule has 0 spiro atoms. The number of ether oxygens (including phenoxy) is 6. The zero-order chi connectivity index (χ0) is 52.0. The molecule has 0 aromatic heterocycles. The van der Waals surface area contributed by atoms with E-state index in [1.807, 2.05) is 6.08 Å². The van der Waals surface area contributed by atoms with E-state index in [2.05, 4.69) is 19.2 Å². The first-order chi connectivity index (χ1) is 34.3. The summed E-state index contributed by atoms with van der Waals surface area (Å²) in [4.78, 5) is 13.2. The van der Waals surface area contributed by atoms with Gasteiger partial charge in [-0.3, -0.25) is 4.79 Å². The van der Waals surface area contributed by atoms with Crippen molar-refractivity contribution in [2.75, 3.05) is 26.4 Å². The predicted molar refractivity (Wildman–Crippen MR) is 263 cm³/mol. The van der Waals surface area contributed by atoms with Crippen molar-refractivity contribution in [1.82, 2.24) is 5.32 Å². The standard InChI is InChI=1S/C52H97NO18/c1-3-5-7-9-11-13-15-17-19-21-23-25-27-29-36(57)35(53-40(58)30-28-26-24-22-20-18-16-14-12-10-8-6-4-2)34-66-50-46(64)43(61)48(38(32-55)68-50)71-52-47(65)44(62)49(39(33-56)69-52)70-51-45(63)42(60)41(59)37(31-54)67-51/h27,29,35-39,41-52,54-57,59-65H,3-26,28,30-34H2,1-2H3,(H,53,58)/b29-27+/t35-,36+,37?,38?,39?,41-,42-,43+,44+,45?,46?,47?,48+,49-,50+,51-,52-/m0/s1. The molecule has 12 N–H and O–H groups in total. The Morgan fingerprint density at radius 3 is 1.32 bits per heavy atom. The fourth-order valence-corrected chi connectivity index (χ4v) is 9.48. The van der Waals surface area contributed by atoms with Crippen LogP contribution in [-0.2, 0) is 33.2 Å². The first kappa shape index (κ1) is 63.8. The molecule has 1 amide bonds. The van der Waals surface area contributed by atoms with Gasteiger partial charge in [0.15, 0.2) is 18.9 Å². The van der Waals surface area contributed by atoms with Crippen molar-refractivity contribution in [3.8, 4) is 0 Å². The number of nitrogens with one attached hydrogen (secondary N) is 1. The van der Waals surface area contributed by atoms with E-state index < -0.39 is 124 Å². The van der Waals surface area contributed by atoms with Crippen LogP contribution >= 0.6 is 0 Å². The molecule has 6 unspecified atom stereocenters. The summed E-state index contributed by atoms with van der Waals surface area (Å²) in [6.45, 7) is 1.69. The average molecular weight is 1020 g/mol. The second kappa shape index (κ2) is 37.3. The lowest BCUT2D eigenvalue weighted by molar-refractivity contribution is -0.379. The van der Waals surface area contributed by atoms with Crippen molar-refractivity contribution in [1.29, 1.82) is 0 Å². The Balaban J connectivity index is 1.55. The molecule has 3 fully saturated rings. The van der Waals surface area contributed by atoms with Crippen LogP contribution in [0.25, 0.3) is 0 Å². The van der Waals surface area contributed by atoms with Crippen LogP contribution in [0.5, 0.6) is 0 Å². The summed E-state index contributed by atoms with van der Waals surface area (Å²) in [5, 5.41) is 120. The molecule has 0 aromatic rings. The van der Waals surface area contributed by atoms with Crippen molar-refractivity contribution in [2.45, 2.75) is 285 Å². The summed E-state index contributed by atoms with van der Waals surface area (Å²) in [5.74, 6) is -0.276. The summed E-state index contributed by atoms with van der Waals surface area (Å²) < 4.78 is 34.1. The van der Waals surface area contributed by atoms with Gasteiger partial charge in [0.25, 0.3) is 0 Å². The van der Waals surface area contributed by atoms with Crippen molar-refractivity contribution in [2.24, 2.45) is 0 Å². The zero-order valence-corrected chi connectivity index (χ0v) is 43.0. The lowest BCUT2D eigenvalue weighted by Crippen LogP contribution is -2.66. The van der Waals surface area contributed by atoms with Gasteiger partial charge in [0.2, 0.25) is 5.91 Å². The normalized spacial score (nSPS) is 32.3. The molecule has 0 bridgehead atoms. The third-order valence-electron chi connectivity index (χ3n) is 14.1. The Kier molecular flexibility index (Phi) is 33.5. The Bertz CT molecular complexity index is 1360. The molecule has 17 atom stereocenters. The number of aliphatic hydroxyl groups is 11. The Hall–Kier alpha value is -1.47. The number of carbonyl (C=O) groups excluding carboxylic acids is 1. The lowest BCUT2D eigenvalue weighted by atomic mass is 9.96. The van der Waals surface area contributed by atoms with Crippen LogP contribution in [-0.4, -0.2) is 193 Å². The molecule has 3 heterocycles. The third kappa shape index (κ3) is 22.7. The number of amides is 1. The van der Waals surface area contributed by atoms with Crippen LogP contribution in [0.15, 0.2) is 12.2 Å². The highest BCUT2D eigenvalue weighted by atomic mass is 16.8. The molecule has 19 heteroatoms. The van der Waals surface area contributed by atoms with Gasteiger partial charge >= 0.3 is 0 Å². The van der Waals surface area contributed by atoms with Crippen molar-refractivity contribution < 1.29 is 89.4 Å². The molecule has 3 rings (SSSR count). The van der Waals surface area contributed by atoms with Gasteiger partial charge in [-0.15, -0.1) is 0 Å². The number of unbranched alkanes of at least 4 members (excludes halogenated alkanes) is 23. The largest absolute Gasteiger partial charge is 0.394 e. The molecule has 0 aliphatic carbocycles. The summed E-state index contributed by atoms with van der Waals surface area (Å²) in [6, 6.07) is -0.964. The van der Waals surface area contributed by atoms with Gasteiger partial charge < -0.3 is 89.9 Å². The Morgan fingerprint density at radius 1 is 0.493 bits per heavy atom. The molecule has 71 heavy (non-hydrogen) atoms. The van der Waals surface area contributed by atoms with Crippen molar-refractivity contribution in [3.05, 3.63) is 12.2 Å². The Labute approximate surface area is 423 Å². The number of hydrogen-bond acceptors (Lipinski definition) is 18. The van der Waals surface area contributed by atoms with Crippen LogP contribution in [0.2, 0.25) is 0 Å². The van der Waals surface area contributed by atoms with Gasteiger partial charge in [-0.05, 0) is 19.3 Å². The van der Waals surface area contributed by atoms with E-state index in [1.165, 1.54) is 109 Å². The lowest BCUT2D eigenvalue weighted by Gasteiger charge is -2.48. The van der Waals surface area contributed by atoms with E-state index in [4.69, 9.17) is 28.4 Å². The number of rotatable bonds is 39. The van der Waals surface area contributed by atoms with E-state index in [1.54, 1.807) is 6.08 Å². The van der Waals surface area contributed by atoms with Gasteiger partial charge in [0, 0.05) is 6.42 Å².